The highest BCUT2D eigenvalue weighted by Gasteiger charge is 2.01. The van der Waals surface area contributed by atoms with Gasteiger partial charge in [0.15, 0.2) is 0 Å². The van der Waals surface area contributed by atoms with E-state index in [1.807, 2.05) is 11.3 Å². The van der Waals surface area contributed by atoms with Gasteiger partial charge in [0.2, 0.25) is 0 Å². The van der Waals surface area contributed by atoms with Gasteiger partial charge in [0.25, 0.3) is 6.47 Å². The van der Waals surface area contributed by atoms with E-state index in [4.69, 9.17) is 0 Å². The lowest BCUT2D eigenvalue weighted by molar-refractivity contribution is -0.128. The number of hydrogen-bond donors (Lipinski definition) is 0. The first-order valence-electron chi connectivity index (χ1n) is 4.85. The molecule has 3 heteroatoms. The zero-order chi connectivity index (χ0) is 10.4. The molecule has 2 nitrogen and oxygen atoms in total. The highest BCUT2D eigenvalue weighted by Crippen LogP contribution is 2.21. The summed E-state index contributed by atoms with van der Waals surface area (Å²) in [4.78, 5) is 12.7. The van der Waals surface area contributed by atoms with Crippen molar-refractivity contribution in [3.05, 3.63) is 21.4 Å². The van der Waals surface area contributed by atoms with Crippen LogP contribution in [-0.4, -0.2) is 13.1 Å². The molecule has 0 atom stereocenters. The summed E-state index contributed by atoms with van der Waals surface area (Å²) in [5.41, 5.74) is 1.44. The van der Waals surface area contributed by atoms with Crippen molar-refractivity contribution >= 4 is 17.8 Å². The smallest absolute Gasteiger partial charge is 0.293 e. The van der Waals surface area contributed by atoms with Crippen LogP contribution in [0.2, 0.25) is 0 Å². The van der Waals surface area contributed by atoms with Crippen molar-refractivity contribution in [1.29, 1.82) is 0 Å². The van der Waals surface area contributed by atoms with Gasteiger partial charge in [-0.15, -0.1) is 11.3 Å². The predicted octanol–water partition coefficient (Wildman–Crippen LogP) is 2.86. The van der Waals surface area contributed by atoms with Gasteiger partial charge in [0.1, 0.15) is 0 Å². The first-order chi connectivity index (χ1) is 6.74. The lowest BCUT2D eigenvalue weighted by Gasteiger charge is -1.99. The first-order valence-corrected chi connectivity index (χ1v) is 5.67. The minimum atomic E-state index is 0.514. The van der Waals surface area contributed by atoms with Gasteiger partial charge in [-0.2, -0.15) is 0 Å². The minimum absolute atomic E-state index is 0.514. The molecule has 0 amide bonds. The van der Waals surface area contributed by atoms with E-state index >= 15 is 0 Å². The Hall–Kier alpha value is -0.830. The first kappa shape index (κ1) is 11.2. The average molecular weight is 212 g/mol. The third-order valence-corrected chi connectivity index (χ3v) is 3.18. The summed E-state index contributed by atoms with van der Waals surface area (Å²) >= 11 is 1.85. The van der Waals surface area contributed by atoms with Crippen molar-refractivity contribution in [2.75, 3.05) is 6.61 Å². The maximum atomic E-state index is 9.87. The van der Waals surface area contributed by atoms with Gasteiger partial charge >= 0.3 is 0 Å². The molecular weight excluding hydrogens is 196 g/mol. The molecule has 0 fully saturated rings. The fraction of sp³-hybridized carbons (Fsp3) is 0.545. The van der Waals surface area contributed by atoms with Gasteiger partial charge in [-0.05, 0) is 44.7 Å². The molecule has 1 rings (SSSR count). The molecule has 0 aromatic carbocycles. The number of rotatable bonds is 6. The fourth-order valence-electron chi connectivity index (χ4n) is 1.48. The largest absolute Gasteiger partial charge is 0.468 e. The predicted molar refractivity (Wildman–Crippen MR) is 58.7 cm³/mol. The van der Waals surface area contributed by atoms with Crippen LogP contribution in [0.4, 0.5) is 0 Å². The van der Waals surface area contributed by atoms with E-state index in [2.05, 4.69) is 24.7 Å². The number of hydrogen-bond acceptors (Lipinski definition) is 3. The Bertz CT molecular complexity index is 291. The second-order valence-corrected chi connectivity index (χ2v) is 4.82. The van der Waals surface area contributed by atoms with Crippen LogP contribution in [0.1, 0.15) is 28.2 Å². The summed E-state index contributed by atoms with van der Waals surface area (Å²) in [5.74, 6) is 0. The molecule has 0 spiro atoms. The van der Waals surface area contributed by atoms with E-state index in [0.717, 1.165) is 19.3 Å². The van der Waals surface area contributed by atoms with Crippen molar-refractivity contribution in [3.8, 4) is 0 Å². The summed E-state index contributed by atoms with van der Waals surface area (Å²) < 4.78 is 4.63. The molecule has 0 saturated heterocycles. The Labute approximate surface area is 88.9 Å². The van der Waals surface area contributed by atoms with E-state index in [1.54, 1.807) is 0 Å². The third kappa shape index (κ3) is 3.50. The highest BCUT2D eigenvalue weighted by atomic mass is 32.1. The van der Waals surface area contributed by atoms with Gasteiger partial charge < -0.3 is 4.74 Å². The maximum Gasteiger partial charge on any atom is 0.293 e. The molecule has 78 valence electrons. The molecule has 14 heavy (non-hydrogen) atoms. The van der Waals surface area contributed by atoms with Crippen LogP contribution in [0.5, 0.6) is 0 Å². The number of carbonyl (C=O) groups is 1. The van der Waals surface area contributed by atoms with Crippen molar-refractivity contribution in [2.24, 2.45) is 0 Å². The van der Waals surface area contributed by atoms with E-state index < -0.39 is 0 Å². The monoisotopic (exact) mass is 212 g/mol. The lowest BCUT2D eigenvalue weighted by atomic mass is 10.1. The Morgan fingerprint density at radius 2 is 2.21 bits per heavy atom. The Balaban J connectivity index is 2.24. The van der Waals surface area contributed by atoms with Gasteiger partial charge in [-0.3, -0.25) is 4.79 Å². The third-order valence-electron chi connectivity index (χ3n) is 2.17. The van der Waals surface area contributed by atoms with E-state index in [1.165, 1.54) is 15.3 Å². The zero-order valence-electron chi connectivity index (χ0n) is 8.71. The molecule has 0 aliphatic carbocycles. The standard InChI is InChI=1S/C11H16O2S/c1-9-7-11(10(2)14-9)5-3-4-6-13-8-12/h7-8H,3-6H2,1-2H3. The van der Waals surface area contributed by atoms with Crippen LogP contribution in [0.3, 0.4) is 0 Å². The SMILES string of the molecule is Cc1cc(CCCCOC=O)c(C)s1. The number of thiophene rings is 1. The second-order valence-electron chi connectivity index (χ2n) is 3.36. The van der Waals surface area contributed by atoms with Crippen LogP contribution in [0.15, 0.2) is 6.07 Å². The zero-order valence-corrected chi connectivity index (χ0v) is 9.52. The summed E-state index contributed by atoms with van der Waals surface area (Å²) in [5, 5.41) is 0. The molecule has 1 aromatic heterocycles. The highest BCUT2D eigenvalue weighted by molar-refractivity contribution is 7.12. The molecule has 0 N–H and O–H groups in total. The Kier molecular flexibility index (Phi) is 4.66. The molecule has 0 saturated carbocycles. The number of ether oxygens (including phenoxy) is 1. The van der Waals surface area contributed by atoms with Gasteiger partial charge in [-0.25, -0.2) is 0 Å². The fourth-order valence-corrected chi connectivity index (χ4v) is 2.46. The molecule has 1 heterocycles. The summed E-state index contributed by atoms with van der Waals surface area (Å²) in [6.45, 7) is 5.36. The van der Waals surface area contributed by atoms with Crippen LogP contribution in [0.25, 0.3) is 0 Å². The van der Waals surface area contributed by atoms with Gasteiger partial charge in [0.05, 0.1) is 6.61 Å². The van der Waals surface area contributed by atoms with E-state index in [-0.39, 0.29) is 0 Å². The minimum Gasteiger partial charge on any atom is -0.468 e. The van der Waals surface area contributed by atoms with E-state index in [9.17, 15) is 4.79 Å². The molecular formula is C11H16O2S. The topological polar surface area (TPSA) is 26.3 Å². The quantitative estimate of drug-likeness (QED) is 0.535. The molecule has 0 aliphatic rings. The van der Waals surface area contributed by atoms with Crippen LogP contribution in [-0.2, 0) is 16.0 Å². The van der Waals surface area contributed by atoms with Crippen LogP contribution >= 0.6 is 11.3 Å². The summed E-state index contributed by atoms with van der Waals surface area (Å²) in [6.07, 6.45) is 3.14. The molecule has 0 aliphatic heterocycles. The van der Waals surface area contributed by atoms with Crippen molar-refractivity contribution in [1.82, 2.24) is 0 Å². The van der Waals surface area contributed by atoms with Crippen LogP contribution < -0.4 is 0 Å². The molecule has 0 unspecified atom stereocenters. The van der Waals surface area contributed by atoms with Crippen molar-refractivity contribution in [2.45, 2.75) is 33.1 Å². The lowest BCUT2D eigenvalue weighted by Crippen LogP contribution is -1.93. The maximum absolute atomic E-state index is 9.87. The Morgan fingerprint density at radius 1 is 1.43 bits per heavy atom. The van der Waals surface area contributed by atoms with E-state index in [0.29, 0.717) is 13.1 Å². The summed E-state index contributed by atoms with van der Waals surface area (Å²) in [7, 11) is 0. The number of carbonyl (C=O) groups excluding carboxylic acids is 1. The summed E-state index contributed by atoms with van der Waals surface area (Å²) in [6, 6.07) is 2.25. The molecule has 0 radical (unpaired) electrons. The molecule has 1 aromatic rings. The Morgan fingerprint density at radius 3 is 2.79 bits per heavy atom. The molecule has 0 bridgehead atoms. The average Bonchev–Trinajstić information content (AvgIpc) is 2.45. The number of aryl methyl sites for hydroxylation is 3. The van der Waals surface area contributed by atoms with Crippen LogP contribution in [0, 0.1) is 13.8 Å². The van der Waals surface area contributed by atoms with Gasteiger partial charge in [-0.1, -0.05) is 0 Å². The van der Waals surface area contributed by atoms with Crippen molar-refractivity contribution in [3.63, 3.8) is 0 Å². The second kappa shape index (κ2) is 5.81. The number of unbranched alkanes of at least 4 members (excludes halogenated alkanes) is 1. The van der Waals surface area contributed by atoms with Crippen molar-refractivity contribution < 1.29 is 9.53 Å². The normalized spacial score (nSPS) is 10.1. The van der Waals surface area contributed by atoms with Gasteiger partial charge in [0, 0.05) is 9.75 Å².